The van der Waals surface area contributed by atoms with Crippen molar-refractivity contribution in [1.29, 1.82) is 0 Å². The van der Waals surface area contributed by atoms with Crippen LogP contribution in [0.15, 0.2) is 30.1 Å². The Bertz CT molecular complexity index is 278. The van der Waals surface area contributed by atoms with Crippen molar-refractivity contribution in [2.45, 2.75) is 20.3 Å². The SMILES string of the molecule is CCNCC(=Cc1cccnc1)CC. The van der Waals surface area contributed by atoms with Crippen molar-refractivity contribution in [3.8, 4) is 0 Å². The van der Waals surface area contributed by atoms with Crippen LogP contribution >= 0.6 is 0 Å². The quantitative estimate of drug-likeness (QED) is 0.771. The van der Waals surface area contributed by atoms with Crippen LogP contribution in [0.1, 0.15) is 25.8 Å². The minimum absolute atomic E-state index is 0.974. The molecule has 0 spiro atoms. The fourth-order valence-electron chi connectivity index (χ4n) is 1.26. The second kappa shape index (κ2) is 6.33. The number of rotatable bonds is 5. The largest absolute Gasteiger partial charge is 0.313 e. The van der Waals surface area contributed by atoms with Crippen LogP contribution in [0.2, 0.25) is 0 Å². The normalized spacial score (nSPS) is 11.7. The molecule has 76 valence electrons. The van der Waals surface area contributed by atoms with Crippen molar-refractivity contribution in [2.24, 2.45) is 0 Å². The Hall–Kier alpha value is -1.15. The summed E-state index contributed by atoms with van der Waals surface area (Å²) in [6, 6.07) is 4.04. The average molecular weight is 190 g/mol. The van der Waals surface area contributed by atoms with Gasteiger partial charge in [0.05, 0.1) is 0 Å². The smallest absolute Gasteiger partial charge is 0.0340 e. The van der Waals surface area contributed by atoms with Crippen LogP contribution in [-0.4, -0.2) is 18.1 Å². The standard InChI is InChI=1S/C12H18N2/c1-3-11(9-13-4-2)8-12-6-5-7-14-10-12/h5-8,10,13H,3-4,9H2,1-2H3. The van der Waals surface area contributed by atoms with Crippen molar-refractivity contribution < 1.29 is 0 Å². The van der Waals surface area contributed by atoms with Gasteiger partial charge in [-0.25, -0.2) is 0 Å². The lowest BCUT2D eigenvalue weighted by molar-refractivity contribution is 0.762. The average Bonchev–Trinajstić information content (AvgIpc) is 2.25. The predicted octanol–water partition coefficient (Wildman–Crippen LogP) is 2.48. The molecular formula is C12H18N2. The molecule has 0 fully saturated rings. The molecule has 1 aromatic rings. The van der Waals surface area contributed by atoms with E-state index in [1.54, 1.807) is 6.20 Å². The van der Waals surface area contributed by atoms with E-state index < -0.39 is 0 Å². The van der Waals surface area contributed by atoms with E-state index >= 15 is 0 Å². The van der Waals surface area contributed by atoms with Crippen molar-refractivity contribution in [1.82, 2.24) is 10.3 Å². The van der Waals surface area contributed by atoms with E-state index in [1.165, 1.54) is 11.1 Å². The van der Waals surface area contributed by atoms with Gasteiger partial charge in [0.25, 0.3) is 0 Å². The summed E-state index contributed by atoms with van der Waals surface area (Å²) in [5, 5.41) is 3.33. The molecule has 1 heterocycles. The van der Waals surface area contributed by atoms with E-state index in [2.05, 4.69) is 36.3 Å². The van der Waals surface area contributed by atoms with E-state index in [9.17, 15) is 0 Å². The van der Waals surface area contributed by atoms with Crippen LogP contribution in [0.25, 0.3) is 6.08 Å². The molecule has 0 saturated heterocycles. The fourth-order valence-corrected chi connectivity index (χ4v) is 1.26. The Labute approximate surface area is 86.1 Å². The first-order chi connectivity index (χ1) is 6.86. The first kappa shape index (κ1) is 10.9. The van der Waals surface area contributed by atoms with Gasteiger partial charge in [-0.1, -0.05) is 31.6 Å². The third kappa shape index (κ3) is 3.71. The molecule has 1 N–H and O–H groups in total. The van der Waals surface area contributed by atoms with Gasteiger partial charge in [0.15, 0.2) is 0 Å². The zero-order valence-corrected chi connectivity index (χ0v) is 8.96. The number of nitrogens with one attached hydrogen (secondary N) is 1. The van der Waals surface area contributed by atoms with Crippen molar-refractivity contribution in [3.63, 3.8) is 0 Å². The molecule has 2 nitrogen and oxygen atoms in total. The number of hydrogen-bond acceptors (Lipinski definition) is 2. The van der Waals surface area contributed by atoms with Gasteiger partial charge >= 0.3 is 0 Å². The Morgan fingerprint density at radius 1 is 1.50 bits per heavy atom. The maximum atomic E-state index is 4.09. The number of aromatic nitrogens is 1. The summed E-state index contributed by atoms with van der Waals surface area (Å²) in [7, 11) is 0. The Kier molecular flexibility index (Phi) is 4.94. The highest BCUT2D eigenvalue weighted by molar-refractivity contribution is 5.51. The fraction of sp³-hybridized carbons (Fsp3) is 0.417. The summed E-state index contributed by atoms with van der Waals surface area (Å²) in [4.78, 5) is 4.09. The number of pyridine rings is 1. The van der Waals surface area contributed by atoms with Crippen molar-refractivity contribution in [2.75, 3.05) is 13.1 Å². The van der Waals surface area contributed by atoms with Crippen LogP contribution in [0.5, 0.6) is 0 Å². The van der Waals surface area contributed by atoms with Crippen LogP contribution < -0.4 is 5.32 Å². The molecule has 14 heavy (non-hydrogen) atoms. The third-order valence-corrected chi connectivity index (χ3v) is 2.11. The lowest BCUT2D eigenvalue weighted by Crippen LogP contribution is -2.15. The molecule has 0 aliphatic carbocycles. The second-order valence-electron chi connectivity index (χ2n) is 3.22. The van der Waals surface area contributed by atoms with Crippen LogP contribution in [0.3, 0.4) is 0 Å². The van der Waals surface area contributed by atoms with Gasteiger partial charge in [-0.05, 0) is 24.6 Å². The molecule has 0 aliphatic heterocycles. The summed E-state index contributed by atoms with van der Waals surface area (Å²) >= 11 is 0. The molecule has 0 radical (unpaired) electrons. The highest BCUT2D eigenvalue weighted by atomic mass is 14.8. The van der Waals surface area contributed by atoms with E-state index in [0.29, 0.717) is 0 Å². The zero-order chi connectivity index (χ0) is 10.2. The Morgan fingerprint density at radius 3 is 2.93 bits per heavy atom. The first-order valence-electron chi connectivity index (χ1n) is 5.17. The molecule has 0 aromatic carbocycles. The molecule has 1 aromatic heterocycles. The predicted molar refractivity (Wildman–Crippen MR) is 61.0 cm³/mol. The van der Waals surface area contributed by atoms with Gasteiger partial charge < -0.3 is 5.32 Å². The first-order valence-corrected chi connectivity index (χ1v) is 5.17. The summed E-state index contributed by atoms with van der Waals surface area (Å²) in [5.41, 5.74) is 2.60. The van der Waals surface area contributed by atoms with E-state index in [4.69, 9.17) is 0 Å². The van der Waals surface area contributed by atoms with Crippen molar-refractivity contribution in [3.05, 3.63) is 35.7 Å². The molecule has 0 saturated carbocycles. The molecule has 0 bridgehead atoms. The minimum Gasteiger partial charge on any atom is -0.313 e. The van der Waals surface area contributed by atoms with E-state index in [1.807, 2.05) is 12.3 Å². The Morgan fingerprint density at radius 2 is 2.36 bits per heavy atom. The molecule has 2 heteroatoms. The maximum absolute atomic E-state index is 4.09. The third-order valence-electron chi connectivity index (χ3n) is 2.11. The highest BCUT2D eigenvalue weighted by Gasteiger charge is 1.93. The summed E-state index contributed by atoms with van der Waals surface area (Å²) in [5.74, 6) is 0. The second-order valence-corrected chi connectivity index (χ2v) is 3.22. The number of hydrogen-bond donors (Lipinski definition) is 1. The lowest BCUT2D eigenvalue weighted by atomic mass is 10.1. The zero-order valence-electron chi connectivity index (χ0n) is 8.96. The van der Waals surface area contributed by atoms with Gasteiger partial charge in [0, 0.05) is 18.9 Å². The van der Waals surface area contributed by atoms with Crippen LogP contribution in [0, 0.1) is 0 Å². The minimum atomic E-state index is 0.974. The van der Waals surface area contributed by atoms with Crippen LogP contribution in [-0.2, 0) is 0 Å². The summed E-state index contributed by atoms with van der Waals surface area (Å²) in [6.07, 6.45) is 6.98. The van der Waals surface area contributed by atoms with E-state index in [0.717, 1.165) is 19.5 Å². The van der Waals surface area contributed by atoms with Gasteiger partial charge in [-0.2, -0.15) is 0 Å². The van der Waals surface area contributed by atoms with Gasteiger partial charge in [-0.15, -0.1) is 0 Å². The molecule has 0 aliphatic rings. The molecule has 0 atom stereocenters. The summed E-state index contributed by atoms with van der Waals surface area (Å²) < 4.78 is 0. The highest BCUT2D eigenvalue weighted by Crippen LogP contribution is 2.07. The summed E-state index contributed by atoms with van der Waals surface area (Å²) in [6.45, 7) is 6.29. The van der Waals surface area contributed by atoms with Gasteiger partial charge in [0.2, 0.25) is 0 Å². The molecule has 0 unspecified atom stereocenters. The molecule has 0 amide bonds. The molecular weight excluding hydrogens is 172 g/mol. The molecule has 1 rings (SSSR count). The van der Waals surface area contributed by atoms with E-state index in [-0.39, 0.29) is 0 Å². The Balaban J connectivity index is 2.64. The van der Waals surface area contributed by atoms with Crippen LogP contribution in [0.4, 0.5) is 0 Å². The number of nitrogens with zero attached hydrogens (tertiary/aromatic N) is 1. The van der Waals surface area contributed by atoms with Crippen molar-refractivity contribution >= 4 is 6.08 Å². The number of likely N-dealkylation sites (N-methyl/N-ethyl adjacent to an activating group) is 1. The monoisotopic (exact) mass is 190 g/mol. The topological polar surface area (TPSA) is 24.9 Å². The maximum Gasteiger partial charge on any atom is 0.0340 e. The van der Waals surface area contributed by atoms with Gasteiger partial charge in [-0.3, -0.25) is 4.98 Å². The van der Waals surface area contributed by atoms with Gasteiger partial charge in [0.1, 0.15) is 0 Å². The lowest BCUT2D eigenvalue weighted by Gasteiger charge is -2.04.